The number of nitrogens with one attached hydrogen (secondary N) is 1. The number of carbonyl (C=O) groups excluding carboxylic acids is 2. The number of pyridine rings is 1. The lowest BCUT2D eigenvalue weighted by Crippen LogP contribution is -2.46. The number of methoxy groups -OCH3 is 1. The number of fused-ring (bicyclic) bond motifs is 1. The molecule has 0 aliphatic carbocycles. The van der Waals surface area contributed by atoms with Crippen LogP contribution in [0.4, 0.5) is 5.69 Å². The zero-order chi connectivity index (χ0) is 24.8. The third kappa shape index (κ3) is 5.36. The molecule has 0 bridgehead atoms. The molecular weight excluding hydrogens is 444 g/mol. The second kappa shape index (κ2) is 10.9. The van der Waals surface area contributed by atoms with E-state index in [9.17, 15) is 9.59 Å². The highest BCUT2D eigenvalue weighted by molar-refractivity contribution is 6.01. The molecule has 9 heteroatoms. The van der Waals surface area contributed by atoms with Gasteiger partial charge in [-0.05, 0) is 55.3 Å². The molecule has 0 unspecified atom stereocenters. The van der Waals surface area contributed by atoms with Gasteiger partial charge in [-0.15, -0.1) is 5.10 Å². The third-order valence-electron chi connectivity index (χ3n) is 5.85. The predicted molar refractivity (Wildman–Crippen MR) is 133 cm³/mol. The van der Waals surface area contributed by atoms with Crippen molar-refractivity contribution in [1.29, 1.82) is 0 Å². The van der Waals surface area contributed by atoms with Crippen LogP contribution in [0.3, 0.4) is 0 Å². The zero-order valence-corrected chi connectivity index (χ0v) is 20.0. The van der Waals surface area contributed by atoms with E-state index in [1.807, 2.05) is 56.3 Å². The van der Waals surface area contributed by atoms with Gasteiger partial charge in [0.05, 0.1) is 12.1 Å². The van der Waals surface area contributed by atoms with Gasteiger partial charge in [-0.2, -0.15) is 0 Å². The first-order valence-corrected chi connectivity index (χ1v) is 11.3. The minimum atomic E-state index is -0.940. The van der Waals surface area contributed by atoms with E-state index in [0.29, 0.717) is 29.9 Å². The molecule has 1 atom stereocenters. The molecule has 4 aromatic rings. The number of anilines is 1. The highest BCUT2D eigenvalue weighted by atomic mass is 16.5. The first kappa shape index (κ1) is 24.0. The van der Waals surface area contributed by atoms with Gasteiger partial charge in [0.2, 0.25) is 11.8 Å². The van der Waals surface area contributed by atoms with E-state index in [0.717, 1.165) is 16.6 Å². The van der Waals surface area contributed by atoms with E-state index in [-0.39, 0.29) is 18.4 Å². The van der Waals surface area contributed by atoms with Gasteiger partial charge >= 0.3 is 0 Å². The molecule has 0 saturated carbocycles. The van der Waals surface area contributed by atoms with Crippen molar-refractivity contribution in [3.8, 4) is 0 Å². The Labute approximate surface area is 203 Å². The maximum absolute atomic E-state index is 13.9. The van der Waals surface area contributed by atoms with Gasteiger partial charge in [0.1, 0.15) is 18.1 Å². The minimum absolute atomic E-state index is 0.0877. The molecule has 2 aromatic heterocycles. The Morgan fingerprint density at radius 3 is 2.66 bits per heavy atom. The lowest BCUT2D eigenvalue weighted by atomic mass is 10.0. The summed E-state index contributed by atoms with van der Waals surface area (Å²) in [5.74, 6) is -0.635. The summed E-state index contributed by atoms with van der Waals surface area (Å²) < 4.78 is 6.63. The van der Waals surface area contributed by atoms with Gasteiger partial charge in [0.15, 0.2) is 0 Å². The largest absolute Gasteiger partial charge is 0.383 e. The van der Waals surface area contributed by atoms with Crippen LogP contribution in [0.15, 0.2) is 67.0 Å². The molecule has 0 aliphatic heterocycles. The molecule has 2 amide bonds. The van der Waals surface area contributed by atoms with Crippen LogP contribution >= 0.6 is 0 Å². The Morgan fingerprint density at radius 1 is 1.09 bits per heavy atom. The average molecular weight is 473 g/mol. The van der Waals surface area contributed by atoms with Crippen LogP contribution in [-0.2, 0) is 20.9 Å². The summed E-state index contributed by atoms with van der Waals surface area (Å²) in [5, 5.41) is 11.2. The summed E-state index contributed by atoms with van der Waals surface area (Å²) in [6.45, 7) is 4.56. The molecule has 1 N–H and O–H groups in total. The van der Waals surface area contributed by atoms with Crippen molar-refractivity contribution in [2.24, 2.45) is 0 Å². The molecule has 9 nitrogen and oxygen atoms in total. The standard InChI is InChI=1S/C26H28N6O3/c1-18-10-11-21(15-19(18)2)32(24(33)17-31-23-9-5-4-8-22(23)29-30-31)25(20-7-6-12-27-16-20)26(34)28-13-14-35-3/h4-12,15-16,25H,13-14,17H2,1-3H3,(H,28,34)/t25-/m0/s1. The summed E-state index contributed by atoms with van der Waals surface area (Å²) in [7, 11) is 1.57. The van der Waals surface area contributed by atoms with Crippen LogP contribution in [-0.4, -0.2) is 52.1 Å². The fraction of sp³-hybridized carbons (Fsp3) is 0.269. The molecule has 0 aliphatic rings. The van der Waals surface area contributed by atoms with E-state index in [1.165, 1.54) is 4.90 Å². The van der Waals surface area contributed by atoms with Crippen LogP contribution < -0.4 is 10.2 Å². The van der Waals surface area contributed by atoms with Gasteiger partial charge in [0.25, 0.3) is 0 Å². The van der Waals surface area contributed by atoms with Gasteiger partial charge in [-0.3, -0.25) is 19.5 Å². The number of para-hydroxylation sites is 1. The number of rotatable bonds is 9. The predicted octanol–water partition coefficient (Wildman–Crippen LogP) is 2.98. The van der Waals surface area contributed by atoms with Crippen molar-refractivity contribution < 1.29 is 14.3 Å². The number of ether oxygens (including phenoxy) is 1. The number of nitrogens with zero attached hydrogens (tertiary/aromatic N) is 5. The van der Waals surface area contributed by atoms with E-state index in [4.69, 9.17) is 4.74 Å². The van der Waals surface area contributed by atoms with Crippen LogP contribution in [0.1, 0.15) is 22.7 Å². The van der Waals surface area contributed by atoms with Crippen molar-refractivity contribution in [2.75, 3.05) is 25.2 Å². The van der Waals surface area contributed by atoms with Crippen molar-refractivity contribution in [3.63, 3.8) is 0 Å². The summed E-state index contributed by atoms with van der Waals surface area (Å²) in [5.41, 5.74) is 4.74. The highest BCUT2D eigenvalue weighted by Gasteiger charge is 2.33. The second-order valence-electron chi connectivity index (χ2n) is 8.24. The van der Waals surface area contributed by atoms with Crippen molar-refractivity contribution in [2.45, 2.75) is 26.4 Å². The molecule has 0 spiro atoms. The smallest absolute Gasteiger partial charge is 0.249 e. The average Bonchev–Trinajstić information content (AvgIpc) is 3.27. The molecule has 180 valence electrons. The highest BCUT2D eigenvalue weighted by Crippen LogP contribution is 2.30. The lowest BCUT2D eigenvalue weighted by molar-refractivity contribution is -0.127. The Morgan fingerprint density at radius 2 is 1.91 bits per heavy atom. The van der Waals surface area contributed by atoms with Crippen molar-refractivity contribution in [3.05, 3.63) is 83.7 Å². The zero-order valence-electron chi connectivity index (χ0n) is 20.0. The topological polar surface area (TPSA) is 102 Å². The van der Waals surface area contributed by atoms with E-state index in [1.54, 1.807) is 36.3 Å². The molecule has 4 rings (SSSR count). The fourth-order valence-electron chi connectivity index (χ4n) is 3.88. The Bertz CT molecular complexity index is 1320. The molecule has 35 heavy (non-hydrogen) atoms. The van der Waals surface area contributed by atoms with Gasteiger partial charge in [0, 0.05) is 37.3 Å². The normalized spacial score (nSPS) is 11.9. The first-order chi connectivity index (χ1) is 17.0. The van der Waals surface area contributed by atoms with Crippen LogP contribution in [0.2, 0.25) is 0 Å². The van der Waals surface area contributed by atoms with E-state index in [2.05, 4.69) is 20.6 Å². The number of benzene rings is 2. The van der Waals surface area contributed by atoms with Crippen LogP contribution in [0.25, 0.3) is 11.0 Å². The van der Waals surface area contributed by atoms with Crippen LogP contribution in [0.5, 0.6) is 0 Å². The molecule has 2 heterocycles. The SMILES string of the molecule is COCCNC(=O)[C@H](c1cccnc1)N(C(=O)Cn1nnc2ccccc21)c1ccc(C)c(C)c1. The van der Waals surface area contributed by atoms with E-state index >= 15 is 0 Å². The van der Waals surface area contributed by atoms with Gasteiger partial charge in [-0.25, -0.2) is 4.68 Å². The number of hydrogen-bond acceptors (Lipinski definition) is 6. The molecule has 2 aromatic carbocycles. The Hall–Kier alpha value is -4.11. The second-order valence-corrected chi connectivity index (χ2v) is 8.24. The quantitative estimate of drug-likeness (QED) is 0.376. The minimum Gasteiger partial charge on any atom is -0.383 e. The summed E-state index contributed by atoms with van der Waals surface area (Å²) >= 11 is 0. The van der Waals surface area contributed by atoms with Gasteiger partial charge < -0.3 is 10.1 Å². The molecular formula is C26H28N6O3. The number of aromatic nitrogens is 4. The fourth-order valence-corrected chi connectivity index (χ4v) is 3.88. The van der Waals surface area contributed by atoms with Crippen molar-refractivity contribution in [1.82, 2.24) is 25.3 Å². The van der Waals surface area contributed by atoms with Crippen molar-refractivity contribution >= 4 is 28.5 Å². The molecule has 0 radical (unpaired) electrons. The summed E-state index contributed by atoms with van der Waals surface area (Å²) in [6, 6.07) is 15.7. The summed E-state index contributed by atoms with van der Waals surface area (Å²) in [4.78, 5) is 33.1. The monoisotopic (exact) mass is 472 g/mol. The maximum atomic E-state index is 13.9. The third-order valence-corrected chi connectivity index (χ3v) is 5.85. The molecule has 0 saturated heterocycles. The van der Waals surface area contributed by atoms with Crippen LogP contribution in [0, 0.1) is 13.8 Å². The van der Waals surface area contributed by atoms with E-state index < -0.39 is 6.04 Å². The number of amides is 2. The molecule has 0 fully saturated rings. The number of aryl methyl sites for hydroxylation is 2. The van der Waals surface area contributed by atoms with Gasteiger partial charge in [-0.1, -0.05) is 29.5 Å². The lowest BCUT2D eigenvalue weighted by Gasteiger charge is -2.31. The summed E-state index contributed by atoms with van der Waals surface area (Å²) in [6.07, 6.45) is 3.24. The number of carbonyl (C=O) groups is 2. The Kier molecular flexibility index (Phi) is 7.47. The maximum Gasteiger partial charge on any atom is 0.249 e. The number of hydrogen-bond donors (Lipinski definition) is 1. The Balaban J connectivity index is 1.78. The first-order valence-electron chi connectivity index (χ1n) is 11.3.